The number of methoxy groups -OCH3 is 1. The number of ether oxygens (including phenoxy) is 3. The molecule has 1 heterocycles. The van der Waals surface area contributed by atoms with Gasteiger partial charge in [-0.2, -0.15) is 0 Å². The second-order valence-corrected chi connectivity index (χ2v) is 9.50. The first kappa shape index (κ1) is 24.7. The van der Waals surface area contributed by atoms with Gasteiger partial charge in [0.1, 0.15) is 4.32 Å². The van der Waals surface area contributed by atoms with Crippen molar-refractivity contribution in [3.8, 4) is 11.5 Å². The number of nitrogens with one attached hydrogen (secondary N) is 1. The molecule has 0 aromatic heterocycles. The molecule has 0 bridgehead atoms. The number of thioether (sulfide) groups is 1. The summed E-state index contributed by atoms with van der Waals surface area (Å²) in [5.74, 6) is -0.0257. The number of amides is 2. The first-order valence-electron chi connectivity index (χ1n) is 11.0. The minimum Gasteiger partial charge on any atom is -0.493 e. The van der Waals surface area contributed by atoms with Gasteiger partial charge in [0.15, 0.2) is 18.1 Å². The molecule has 0 atom stereocenters. The number of thiocarbonyl (C=S) groups is 1. The van der Waals surface area contributed by atoms with Crippen molar-refractivity contribution in [1.82, 2.24) is 4.90 Å². The van der Waals surface area contributed by atoms with Crippen LogP contribution in [-0.4, -0.2) is 53.4 Å². The summed E-state index contributed by atoms with van der Waals surface area (Å²) >= 11 is 6.66. The van der Waals surface area contributed by atoms with E-state index in [-0.39, 0.29) is 24.5 Å². The molecular weight excluding hydrogens is 488 g/mol. The van der Waals surface area contributed by atoms with E-state index in [0.717, 1.165) is 18.4 Å². The summed E-state index contributed by atoms with van der Waals surface area (Å²) in [6, 6.07) is 11.8. The third-order valence-corrected chi connectivity index (χ3v) is 6.59. The topological polar surface area (TPSA) is 94.2 Å². The van der Waals surface area contributed by atoms with Crippen molar-refractivity contribution in [1.29, 1.82) is 0 Å². The Labute approximate surface area is 212 Å². The van der Waals surface area contributed by atoms with Gasteiger partial charge in [-0.05, 0) is 67.8 Å². The third kappa shape index (κ3) is 6.01. The molecule has 1 saturated carbocycles. The van der Waals surface area contributed by atoms with Gasteiger partial charge in [-0.25, -0.2) is 4.79 Å². The minimum atomic E-state index is -0.418. The summed E-state index contributed by atoms with van der Waals surface area (Å²) in [5, 5.41) is 2.71. The molecule has 2 aliphatic rings. The molecule has 10 heteroatoms. The Morgan fingerprint density at radius 2 is 1.91 bits per heavy atom. The van der Waals surface area contributed by atoms with Crippen LogP contribution in [0.2, 0.25) is 0 Å². The number of carbonyl (C=O) groups excluding carboxylic acids is 3. The Morgan fingerprint density at radius 1 is 1.17 bits per heavy atom. The van der Waals surface area contributed by atoms with Crippen molar-refractivity contribution in [3.63, 3.8) is 0 Å². The molecule has 2 amide bonds. The van der Waals surface area contributed by atoms with E-state index in [2.05, 4.69) is 5.32 Å². The van der Waals surface area contributed by atoms with E-state index in [9.17, 15) is 14.4 Å². The van der Waals surface area contributed by atoms with Gasteiger partial charge in [0, 0.05) is 11.7 Å². The fourth-order valence-electron chi connectivity index (χ4n) is 3.42. The smallest absolute Gasteiger partial charge is 0.338 e. The first-order valence-corrected chi connectivity index (χ1v) is 12.3. The molecule has 182 valence electrons. The van der Waals surface area contributed by atoms with Crippen LogP contribution >= 0.6 is 24.0 Å². The summed E-state index contributed by atoms with van der Waals surface area (Å²) in [6.45, 7) is 1.79. The van der Waals surface area contributed by atoms with Crippen molar-refractivity contribution >= 4 is 57.8 Å². The number of hydrogen-bond acceptors (Lipinski definition) is 8. The fourth-order valence-corrected chi connectivity index (χ4v) is 4.82. The summed E-state index contributed by atoms with van der Waals surface area (Å²) in [4.78, 5) is 39.0. The summed E-state index contributed by atoms with van der Waals surface area (Å²) in [7, 11) is 1.50. The van der Waals surface area contributed by atoms with E-state index in [1.807, 2.05) is 0 Å². The molecule has 1 N–H and O–H groups in total. The summed E-state index contributed by atoms with van der Waals surface area (Å²) in [6.07, 6.45) is 3.76. The predicted molar refractivity (Wildman–Crippen MR) is 138 cm³/mol. The first-order chi connectivity index (χ1) is 16.9. The van der Waals surface area contributed by atoms with Crippen molar-refractivity contribution < 1.29 is 28.6 Å². The Bertz CT molecular complexity index is 1190. The Kier molecular flexibility index (Phi) is 7.72. The highest BCUT2D eigenvalue weighted by Gasteiger charge is 2.41. The average Bonchev–Trinajstić information content (AvgIpc) is 3.64. The molecule has 4 rings (SSSR count). The predicted octanol–water partition coefficient (Wildman–Crippen LogP) is 4.25. The number of nitrogens with zero attached hydrogens (tertiary/aromatic N) is 1. The Balaban J connectivity index is 1.36. The molecule has 2 aromatic rings. The van der Waals surface area contributed by atoms with Gasteiger partial charge in [0.05, 0.1) is 24.2 Å². The number of esters is 1. The lowest BCUT2D eigenvalue weighted by Gasteiger charge is -2.12. The lowest BCUT2D eigenvalue weighted by molar-refractivity contribution is -0.122. The van der Waals surface area contributed by atoms with E-state index in [1.54, 1.807) is 60.4 Å². The van der Waals surface area contributed by atoms with Crippen LogP contribution in [0.3, 0.4) is 0 Å². The average molecular weight is 513 g/mol. The van der Waals surface area contributed by atoms with Crippen LogP contribution in [0.5, 0.6) is 11.5 Å². The molecule has 0 unspecified atom stereocenters. The van der Waals surface area contributed by atoms with E-state index in [0.29, 0.717) is 38.6 Å². The maximum atomic E-state index is 12.7. The second kappa shape index (κ2) is 10.9. The molecular formula is C25H24N2O6S2. The zero-order chi connectivity index (χ0) is 24.9. The highest BCUT2D eigenvalue weighted by Crippen LogP contribution is 2.40. The molecule has 1 aliphatic heterocycles. The Hall–Kier alpha value is -3.37. The summed E-state index contributed by atoms with van der Waals surface area (Å²) in [5.41, 5.74) is 1.69. The van der Waals surface area contributed by atoms with Gasteiger partial charge < -0.3 is 19.5 Å². The monoisotopic (exact) mass is 512 g/mol. The third-order valence-electron chi connectivity index (χ3n) is 5.26. The SMILES string of the molecule is CCOC(=O)c1ccc(NC(=O)COc2ccc(/C=C3\SC(=S)N(C4CC4)C3=O)cc2OC)cc1. The van der Waals surface area contributed by atoms with E-state index in [4.69, 9.17) is 26.4 Å². The zero-order valence-electron chi connectivity index (χ0n) is 19.2. The van der Waals surface area contributed by atoms with E-state index < -0.39 is 5.97 Å². The van der Waals surface area contributed by atoms with Crippen LogP contribution in [0.15, 0.2) is 47.4 Å². The maximum absolute atomic E-state index is 12.7. The Morgan fingerprint density at radius 3 is 2.57 bits per heavy atom. The molecule has 0 radical (unpaired) electrons. The van der Waals surface area contributed by atoms with Crippen LogP contribution in [0.1, 0.15) is 35.7 Å². The van der Waals surface area contributed by atoms with Gasteiger partial charge in [-0.1, -0.05) is 30.0 Å². The van der Waals surface area contributed by atoms with Gasteiger partial charge in [0.2, 0.25) is 0 Å². The largest absolute Gasteiger partial charge is 0.493 e. The normalized spacial score (nSPS) is 16.4. The lowest BCUT2D eigenvalue weighted by Crippen LogP contribution is -2.30. The molecule has 2 aromatic carbocycles. The van der Waals surface area contributed by atoms with Crippen molar-refractivity contribution in [2.45, 2.75) is 25.8 Å². The quantitative estimate of drug-likeness (QED) is 0.303. The lowest BCUT2D eigenvalue weighted by atomic mass is 10.2. The van der Waals surface area contributed by atoms with Crippen molar-refractivity contribution in [3.05, 3.63) is 58.5 Å². The minimum absolute atomic E-state index is 0.0613. The molecule has 2 fully saturated rings. The van der Waals surface area contributed by atoms with Gasteiger partial charge in [-0.3, -0.25) is 14.5 Å². The van der Waals surface area contributed by atoms with Crippen LogP contribution in [0.25, 0.3) is 6.08 Å². The number of carbonyl (C=O) groups is 3. The zero-order valence-corrected chi connectivity index (χ0v) is 20.9. The molecule has 1 aliphatic carbocycles. The second-order valence-electron chi connectivity index (χ2n) is 7.83. The van der Waals surface area contributed by atoms with Crippen molar-refractivity contribution in [2.24, 2.45) is 0 Å². The number of rotatable bonds is 9. The van der Waals surface area contributed by atoms with E-state index >= 15 is 0 Å². The van der Waals surface area contributed by atoms with Crippen LogP contribution < -0.4 is 14.8 Å². The highest BCUT2D eigenvalue weighted by molar-refractivity contribution is 8.26. The van der Waals surface area contributed by atoms with Crippen LogP contribution in [-0.2, 0) is 14.3 Å². The van der Waals surface area contributed by atoms with Gasteiger partial charge >= 0.3 is 5.97 Å². The molecule has 1 saturated heterocycles. The number of anilines is 1. The fraction of sp³-hybridized carbons (Fsp3) is 0.280. The van der Waals surface area contributed by atoms with E-state index in [1.165, 1.54) is 18.9 Å². The maximum Gasteiger partial charge on any atom is 0.338 e. The number of hydrogen-bond donors (Lipinski definition) is 1. The standard InChI is InChI=1S/C25H24N2O6S2/c1-3-32-24(30)16-5-7-17(8-6-16)26-22(28)14-33-19-11-4-15(12-20(19)31-2)13-21-23(29)27(18-9-10-18)25(34)35-21/h4-8,11-13,18H,3,9-10,14H2,1-2H3,(H,26,28)/b21-13-. The molecule has 35 heavy (non-hydrogen) atoms. The van der Waals surface area contributed by atoms with Crippen molar-refractivity contribution in [2.75, 3.05) is 25.6 Å². The highest BCUT2D eigenvalue weighted by atomic mass is 32.2. The molecule has 0 spiro atoms. The van der Waals surface area contributed by atoms with Gasteiger partial charge in [0.25, 0.3) is 11.8 Å². The number of benzene rings is 2. The van der Waals surface area contributed by atoms with Gasteiger partial charge in [-0.15, -0.1) is 0 Å². The molecule has 8 nitrogen and oxygen atoms in total. The van der Waals surface area contributed by atoms with Crippen LogP contribution in [0.4, 0.5) is 5.69 Å². The summed E-state index contributed by atoms with van der Waals surface area (Å²) < 4.78 is 16.6. The van der Waals surface area contributed by atoms with Crippen LogP contribution in [0, 0.1) is 0 Å².